The second kappa shape index (κ2) is 6.36. The molecule has 1 aliphatic heterocycles. The van der Waals surface area contributed by atoms with Gasteiger partial charge in [-0.25, -0.2) is 0 Å². The van der Waals surface area contributed by atoms with E-state index in [1.54, 1.807) is 0 Å². The Balaban J connectivity index is 2.57. The van der Waals surface area contributed by atoms with Gasteiger partial charge in [0.2, 0.25) is 0 Å². The van der Waals surface area contributed by atoms with Crippen LogP contribution in [0.3, 0.4) is 0 Å². The number of halogens is 1. The van der Waals surface area contributed by atoms with Crippen LogP contribution >= 0.6 is 15.9 Å². The summed E-state index contributed by atoms with van der Waals surface area (Å²) in [6.45, 7) is 12.3. The topological polar surface area (TPSA) is 12.5 Å². The van der Waals surface area contributed by atoms with Crippen LogP contribution in [0.1, 0.15) is 40.5 Å². The van der Waals surface area contributed by atoms with Crippen molar-refractivity contribution in [2.75, 3.05) is 25.0 Å². The van der Waals surface area contributed by atoms with Gasteiger partial charge in [0.25, 0.3) is 0 Å². The Morgan fingerprint density at radius 2 is 1.69 bits per heavy atom. The molecule has 1 aliphatic rings. The van der Waals surface area contributed by atoms with Gasteiger partial charge in [-0.3, -0.25) is 4.90 Å². The van der Waals surface area contributed by atoms with Crippen LogP contribution in [0.2, 0.25) is 0 Å². The number of rotatable bonds is 5. The molecule has 1 fully saturated rings. The molecule has 0 bridgehead atoms. The van der Waals surface area contributed by atoms with Gasteiger partial charge in [-0.2, -0.15) is 0 Å². The van der Waals surface area contributed by atoms with Crippen LogP contribution < -0.4 is 0 Å². The van der Waals surface area contributed by atoms with Crippen molar-refractivity contribution < 1.29 is 4.74 Å². The Kier molecular flexibility index (Phi) is 5.75. The molecule has 0 aliphatic carbocycles. The molecule has 0 spiro atoms. The molecule has 0 unspecified atom stereocenters. The maximum Gasteiger partial charge on any atom is 0.0678 e. The molecule has 0 saturated carbocycles. The number of hydrogen-bond donors (Lipinski definition) is 0. The second-order valence-corrected chi connectivity index (χ2v) is 5.85. The zero-order valence-corrected chi connectivity index (χ0v) is 12.7. The van der Waals surface area contributed by atoms with Crippen molar-refractivity contribution in [2.45, 2.75) is 52.7 Å². The number of ether oxygens (including phenoxy) is 1. The van der Waals surface area contributed by atoms with Crippen LogP contribution in [0, 0.1) is 5.41 Å². The Hall–Kier alpha value is 0.400. The molecular formula is C13H26BrNO. The summed E-state index contributed by atoms with van der Waals surface area (Å²) in [6.07, 6.45) is 3.25. The average Bonchev–Trinajstić information content (AvgIpc) is 2.25. The number of morpholine rings is 1. The molecule has 0 aromatic rings. The molecular weight excluding hydrogens is 266 g/mol. The average molecular weight is 292 g/mol. The SMILES string of the molecule is CCC(CC)(CBr)CN1C[C@@H](C)O[C@@H](C)C1. The predicted octanol–water partition coefficient (Wildman–Crippen LogP) is 3.30. The molecule has 3 heteroatoms. The highest BCUT2D eigenvalue weighted by Gasteiger charge is 2.31. The van der Waals surface area contributed by atoms with Crippen molar-refractivity contribution in [1.29, 1.82) is 0 Å². The van der Waals surface area contributed by atoms with Gasteiger partial charge in [0, 0.05) is 25.0 Å². The summed E-state index contributed by atoms with van der Waals surface area (Å²) >= 11 is 3.69. The van der Waals surface area contributed by atoms with E-state index in [9.17, 15) is 0 Å². The predicted molar refractivity (Wildman–Crippen MR) is 73.3 cm³/mol. The monoisotopic (exact) mass is 291 g/mol. The van der Waals surface area contributed by atoms with Gasteiger partial charge in [-0.05, 0) is 32.1 Å². The minimum atomic E-state index is 0.380. The van der Waals surface area contributed by atoms with Gasteiger partial charge in [0.15, 0.2) is 0 Å². The third kappa shape index (κ3) is 3.71. The smallest absolute Gasteiger partial charge is 0.0678 e. The maximum atomic E-state index is 5.78. The third-order valence-electron chi connectivity index (χ3n) is 3.84. The lowest BCUT2D eigenvalue weighted by molar-refractivity contribution is -0.0768. The van der Waals surface area contributed by atoms with E-state index in [2.05, 4.69) is 48.5 Å². The van der Waals surface area contributed by atoms with Crippen molar-refractivity contribution in [1.82, 2.24) is 4.90 Å². The Bertz CT molecular complexity index is 188. The van der Waals surface area contributed by atoms with E-state index in [4.69, 9.17) is 4.74 Å². The van der Waals surface area contributed by atoms with Crippen molar-refractivity contribution in [3.05, 3.63) is 0 Å². The summed E-state index contributed by atoms with van der Waals surface area (Å²) in [5, 5.41) is 1.10. The molecule has 0 amide bonds. The molecule has 0 radical (unpaired) electrons. The van der Waals surface area contributed by atoms with Gasteiger partial charge >= 0.3 is 0 Å². The van der Waals surface area contributed by atoms with Crippen LogP contribution in [0.15, 0.2) is 0 Å². The molecule has 0 aromatic carbocycles. The molecule has 2 nitrogen and oxygen atoms in total. The van der Waals surface area contributed by atoms with Crippen molar-refractivity contribution in [3.8, 4) is 0 Å². The molecule has 0 aromatic heterocycles. The molecule has 16 heavy (non-hydrogen) atoms. The quantitative estimate of drug-likeness (QED) is 0.721. The highest BCUT2D eigenvalue weighted by molar-refractivity contribution is 9.09. The summed E-state index contributed by atoms with van der Waals surface area (Å²) < 4.78 is 5.78. The Morgan fingerprint density at radius 3 is 2.06 bits per heavy atom. The fraction of sp³-hybridized carbons (Fsp3) is 1.00. The molecule has 1 rings (SSSR count). The summed E-state index contributed by atoms with van der Waals surface area (Å²) in [6, 6.07) is 0. The summed E-state index contributed by atoms with van der Waals surface area (Å²) in [5.74, 6) is 0. The van der Waals surface area contributed by atoms with Gasteiger partial charge in [0.1, 0.15) is 0 Å². The van der Waals surface area contributed by atoms with E-state index in [1.807, 2.05) is 0 Å². The van der Waals surface area contributed by atoms with E-state index in [0.717, 1.165) is 18.4 Å². The van der Waals surface area contributed by atoms with Crippen molar-refractivity contribution in [3.63, 3.8) is 0 Å². The van der Waals surface area contributed by atoms with Crippen LogP contribution in [0.25, 0.3) is 0 Å². The first-order chi connectivity index (χ1) is 7.55. The van der Waals surface area contributed by atoms with Gasteiger partial charge in [-0.15, -0.1) is 0 Å². The first-order valence-electron chi connectivity index (χ1n) is 6.49. The highest BCUT2D eigenvalue weighted by atomic mass is 79.9. The molecule has 1 heterocycles. The fourth-order valence-corrected chi connectivity index (χ4v) is 3.56. The fourth-order valence-electron chi connectivity index (χ4n) is 2.59. The van der Waals surface area contributed by atoms with E-state index >= 15 is 0 Å². The van der Waals surface area contributed by atoms with Gasteiger partial charge in [0.05, 0.1) is 12.2 Å². The minimum Gasteiger partial charge on any atom is -0.373 e. The normalized spacial score (nSPS) is 28.3. The lowest BCUT2D eigenvalue weighted by Gasteiger charge is -2.41. The number of hydrogen-bond acceptors (Lipinski definition) is 2. The Morgan fingerprint density at radius 1 is 1.19 bits per heavy atom. The lowest BCUT2D eigenvalue weighted by atomic mass is 9.84. The third-order valence-corrected chi connectivity index (χ3v) is 5.03. The van der Waals surface area contributed by atoms with Gasteiger partial charge in [-0.1, -0.05) is 29.8 Å². The summed E-state index contributed by atoms with van der Waals surface area (Å²) in [7, 11) is 0. The zero-order chi connectivity index (χ0) is 12.2. The van der Waals surface area contributed by atoms with Gasteiger partial charge < -0.3 is 4.74 Å². The number of alkyl halides is 1. The summed E-state index contributed by atoms with van der Waals surface area (Å²) in [5.41, 5.74) is 0.441. The van der Waals surface area contributed by atoms with Crippen LogP contribution in [-0.4, -0.2) is 42.1 Å². The van der Waals surface area contributed by atoms with Crippen LogP contribution in [-0.2, 0) is 4.74 Å². The first-order valence-corrected chi connectivity index (χ1v) is 7.61. The van der Waals surface area contributed by atoms with Crippen molar-refractivity contribution >= 4 is 15.9 Å². The maximum absolute atomic E-state index is 5.78. The number of nitrogens with zero attached hydrogens (tertiary/aromatic N) is 1. The lowest BCUT2D eigenvalue weighted by Crippen LogP contribution is -2.49. The largest absolute Gasteiger partial charge is 0.373 e. The van der Waals surface area contributed by atoms with Crippen molar-refractivity contribution in [2.24, 2.45) is 5.41 Å². The molecule has 2 atom stereocenters. The molecule has 0 N–H and O–H groups in total. The molecule has 1 saturated heterocycles. The van der Waals surface area contributed by atoms with Crippen LogP contribution in [0.4, 0.5) is 0 Å². The summed E-state index contributed by atoms with van der Waals surface area (Å²) in [4.78, 5) is 2.58. The first kappa shape index (κ1) is 14.5. The van der Waals surface area contributed by atoms with E-state index in [1.165, 1.54) is 19.4 Å². The second-order valence-electron chi connectivity index (χ2n) is 5.29. The standard InChI is InChI=1S/C13H26BrNO/c1-5-13(6-2,9-14)10-15-7-11(3)16-12(4)8-15/h11-12H,5-10H2,1-4H3/t11-,12+. The van der Waals surface area contributed by atoms with E-state index < -0.39 is 0 Å². The van der Waals surface area contributed by atoms with Crippen LogP contribution in [0.5, 0.6) is 0 Å². The zero-order valence-electron chi connectivity index (χ0n) is 11.1. The molecule has 96 valence electrons. The highest BCUT2D eigenvalue weighted by Crippen LogP contribution is 2.30. The van der Waals surface area contributed by atoms with E-state index in [0.29, 0.717) is 17.6 Å². The minimum absolute atomic E-state index is 0.380. The van der Waals surface area contributed by atoms with E-state index in [-0.39, 0.29) is 0 Å². The Labute approximate surface area is 109 Å².